The van der Waals surface area contributed by atoms with E-state index in [1.165, 1.54) is 64.8 Å². The van der Waals surface area contributed by atoms with Gasteiger partial charge in [-0.25, -0.2) is 13.2 Å². The van der Waals surface area contributed by atoms with Crippen LogP contribution in [-0.4, -0.2) is 35.6 Å². The number of para-hydroxylation sites is 1. The van der Waals surface area contributed by atoms with E-state index in [0.29, 0.717) is 12.8 Å². The summed E-state index contributed by atoms with van der Waals surface area (Å²) in [6.07, 6.45) is 4.05. The summed E-state index contributed by atoms with van der Waals surface area (Å²) < 4.78 is 32.7. The quantitative estimate of drug-likeness (QED) is 0.101. The molecule has 7 aromatic rings. The number of carboxylic acids is 1. The summed E-state index contributed by atoms with van der Waals surface area (Å²) in [5, 5.41) is 19.0. The third-order valence-electron chi connectivity index (χ3n) is 12.7. The molecule has 2 bridgehead atoms. The number of carbonyl (C=O) groups excluding carboxylic acids is 1. The molecule has 0 radical (unpaired) electrons. The fraction of sp³-hybridized carbons (Fsp3) is 0.228. The van der Waals surface area contributed by atoms with E-state index in [1.54, 1.807) is 0 Å². The molecule has 0 aromatic heterocycles. The number of carboxylic acid groups (broad SMARTS) is 1. The Hall–Kier alpha value is -5.91. The van der Waals surface area contributed by atoms with Crippen molar-refractivity contribution in [3.8, 4) is 5.75 Å². The van der Waals surface area contributed by atoms with Crippen molar-refractivity contribution in [2.75, 3.05) is 5.75 Å². The number of Topliss-reactive ketones (excluding diaryl/α,β-unsaturated/α-hetero) is 1. The summed E-state index contributed by atoms with van der Waals surface area (Å²) in [6.45, 7) is 8.23. The molecule has 2 unspecified atom stereocenters. The molecule has 7 nitrogen and oxygen atoms in total. The Morgan fingerprint density at radius 1 is 0.582 bits per heavy atom. The first-order valence-electron chi connectivity index (χ1n) is 22.5. The molecule has 2 aliphatic carbocycles. The molecular formula is C57H58O7S3. The van der Waals surface area contributed by atoms with Gasteiger partial charge in [0, 0.05) is 11.8 Å². The molecule has 2 atom stereocenters. The first-order valence-corrected chi connectivity index (χ1v) is 26.5. The minimum atomic E-state index is -4.33. The van der Waals surface area contributed by atoms with Crippen LogP contribution in [0.3, 0.4) is 0 Å². The summed E-state index contributed by atoms with van der Waals surface area (Å²) in [7, 11) is -4.38. The molecule has 2 fully saturated rings. The highest BCUT2D eigenvalue weighted by molar-refractivity contribution is 7.97. The zero-order valence-corrected chi connectivity index (χ0v) is 40.9. The maximum Gasteiger partial charge on any atom is 0.335 e. The second-order valence-electron chi connectivity index (χ2n) is 17.0. The van der Waals surface area contributed by atoms with E-state index >= 15 is 0 Å². The van der Waals surface area contributed by atoms with Gasteiger partial charge in [0.25, 0.3) is 0 Å². The van der Waals surface area contributed by atoms with Crippen LogP contribution in [0.5, 0.6) is 5.75 Å². The molecule has 2 saturated carbocycles. The van der Waals surface area contributed by atoms with Gasteiger partial charge in [0.2, 0.25) is 0 Å². The highest BCUT2D eigenvalue weighted by atomic mass is 32.2. The van der Waals surface area contributed by atoms with Crippen LogP contribution in [0.25, 0.3) is 0 Å². The number of rotatable bonds is 11. The van der Waals surface area contributed by atoms with Crippen molar-refractivity contribution in [2.24, 2.45) is 16.7 Å². The second-order valence-corrected chi connectivity index (χ2v) is 22.5. The number of fused-ring (bicyclic) bond motifs is 2. The predicted octanol–water partition coefficient (Wildman–Crippen LogP) is 12.1. The number of ketones is 1. The van der Waals surface area contributed by atoms with Crippen molar-refractivity contribution in [1.82, 2.24) is 0 Å². The van der Waals surface area contributed by atoms with E-state index in [9.17, 15) is 27.7 Å². The molecule has 0 spiro atoms. The van der Waals surface area contributed by atoms with Gasteiger partial charge in [-0.05, 0) is 127 Å². The molecule has 0 aliphatic heterocycles. The van der Waals surface area contributed by atoms with E-state index in [-0.39, 0.29) is 44.5 Å². The Labute approximate surface area is 402 Å². The number of aryl methyl sites for hydroxylation is 2. The number of hydrogen-bond donors (Lipinski definition) is 1. The molecule has 0 saturated heterocycles. The first-order chi connectivity index (χ1) is 32.2. The first kappa shape index (κ1) is 50.5. The summed E-state index contributed by atoms with van der Waals surface area (Å²) >= 11 is 0. The average molecular weight is 951 g/mol. The Kier molecular flexibility index (Phi) is 17.5. The topological polar surface area (TPSA) is 135 Å². The zero-order valence-electron chi connectivity index (χ0n) is 38.4. The van der Waals surface area contributed by atoms with Crippen molar-refractivity contribution >= 4 is 43.7 Å². The fourth-order valence-electron chi connectivity index (χ4n) is 8.82. The molecule has 10 heteroatoms. The number of aromatic carboxylic acids is 1. The van der Waals surface area contributed by atoms with Crippen LogP contribution < -0.4 is 5.11 Å². The summed E-state index contributed by atoms with van der Waals surface area (Å²) in [4.78, 5) is 30.3. The van der Waals surface area contributed by atoms with Crippen LogP contribution in [0.15, 0.2) is 223 Å². The lowest BCUT2D eigenvalue weighted by atomic mass is 9.70. The normalized spacial score (nSPS) is 16.8. The Bertz CT molecular complexity index is 2560. The third-order valence-corrected chi connectivity index (χ3v) is 18.0. The summed E-state index contributed by atoms with van der Waals surface area (Å²) in [5.74, 6) is -1.90. The molecular weight excluding hydrogens is 893 g/mol. The molecule has 1 N–H and O–H groups in total. The van der Waals surface area contributed by atoms with Crippen LogP contribution in [0.1, 0.15) is 68.4 Å². The maximum absolute atomic E-state index is 11.8. The number of benzene rings is 7. The lowest BCUT2D eigenvalue weighted by Gasteiger charge is -2.37. The second kappa shape index (κ2) is 23.2. The monoisotopic (exact) mass is 950 g/mol. The van der Waals surface area contributed by atoms with Gasteiger partial charge in [0.05, 0.1) is 43.2 Å². The van der Waals surface area contributed by atoms with Gasteiger partial charge in [-0.3, -0.25) is 4.79 Å². The molecule has 346 valence electrons. The third kappa shape index (κ3) is 12.8. The SMILES string of the molecule is CC1(C)C2CCC1(CS(=O)(=O)[O-])C(=O)C2.CCc1ccc([S+](c2ccccc2)c2ccccc2)cc1.CCc1ccc([S+](c2ccccc2)c2ccccc2)cc1.O=C(O)c1ccccc1[O-]. The van der Waals surface area contributed by atoms with Crippen LogP contribution in [0.2, 0.25) is 0 Å². The van der Waals surface area contributed by atoms with Gasteiger partial charge in [-0.1, -0.05) is 149 Å². The summed E-state index contributed by atoms with van der Waals surface area (Å²) in [5.41, 5.74) is 1.38. The molecule has 7 aromatic carbocycles. The Morgan fingerprint density at radius 3 is 1.19 bits per heavy atom. The van der Waals surface area contributed by atoms with E-state index < -0.39 is 33.0 Å². The Balaban J connectivity index is 0.000000153. The number of carbonyl (C=O) groups is 2. The van der Waals surface area contributed by atoms with Gasteiger partial charge >= 0.3 is 5.97 Å². The van der Waals surface area contributed by atoms with E-state index in [1.807, 2.05) is 13.8 Å². The lowest BCUT2D eigenvalue weighted by molar-refractivity contribution is -0.268. The summed E-state index contributed by atoms with van der Waals surface area (Å²) in [6, 6.07) is 66.8. The van der Waals surface area contributed by atoms with Crippen LogP contribution in [-0.2, 0) is 49.5 Å². The zero-order chi connectivity index (χ0) is 48.0. The standard InChI is InChI=1S/2C20H19S.C10H16O4S.C7H6O3/c2*1-2-17-13-15-20(16-14-17)21(18-9-5-3-6-10-18)19-11-7-4-8-12-19;1-9(2)7-3-4-10(9,8(11)5-7)6-15(12,13)14;8-6-4-2-1-3-5(6)7(9)10/h2*3-16H,2H2,1H3;7H,3-6H2,1-2H3,(H,12,13,14);1-4,8H,(H,9,10)/q2*+1;;/p-2. The molecule has 9 rings (SSSR count). The van der Waals surface area contributed by atoms with Gasteiger partial charge in [0.1, 0.15) is 5.78 Å². The smallest absolute Gasteiger partial charge is 0.335 e. The molecule has 2 aliphatic rings. The highest BCUT2D eigenvalue weighted by Crippen LogP contribution is 2.64. The van der Waals surface area contributed by atoms with Crippen LogP contribution in [0.4, 0.5) is 0 Å². The average Bonchev–Trinajstić information content (AvgIpc) is 3.68. The lowest BCUT2D eigenvalue weighted by Crippen LogP contribution is -2.42. The van der Waals surface area contributed by atoms with Crippen molar-refractivity contribution in [1.29, 1.82) is 0 Å². The van der Waals surface area contributed by atoms with Crippen molar-refractivity contribution in [3.63, 3.8) is 0 Å². The van der Waals surface area contributed by atoms with Crippen molar-refractivity contribution in [3.05, 3.63) is 211 Å². The number of hydrogen-bond acceptors (Lipinski definition) is 6. The van der Waals surface area contributed by atoms with Crippen LogP contribution in [0, 0.1) is 16.7 Å². The van der Waals surface area contributed by atoms with Gasteiger partial charge in [-0.15, -0.1) is 0 Å². The fourth-order valence-corrected chi connectivity index (χ4v) is 14.3. The van der Waals surface area contributed by atoms with E-state index in [0.717, 1.165) is 19.3 Å². The van der Waals surface area contributed by atoms with Gasteiger partial charge in [-0.2, -0.15) is 0 Å². The minimum Gasteiger partial charge on any atom is -0.872 e. The molecule has 0 heterocycles. The van der Waals surface area contributed by atoms with Crippen molar-refractivity contribution < 1.29 is 32.8 Å². The van der Waals surface area contributed by atoms with Gasteiger partial charge in [0.15, 0.2) is 29.4 Å². The van der Waals surface area contributed by atoms with Crippen molar-refractivity contribution in [2.45, 2.75) is 89.2 Å². The Morgan fingerprint density at radius 2 is 0.925 bits per heavy atom. The molecule has 0 amide bonds. The largest absolute Gasteiger partial charge is 0.872 e. The van der Waals surface area contributed by atoms with E-state index in [4.69, 9.17) is 5.11 Å². The van der Waals surface area contributed by atoms with E-state index in [2.05, 4.69) is 184 Å². The van der Waals surface area contributed by atoms with Crippen LogP contribution >= 0.6 is 0 Å². The molecule has 67 heavy (non-hydrogen) atoms. The highest BCUT2D eigenvalue weighted by Gasteiger charge is 2.64. The maximum atomic E-state index is 11.8. The van der Waals surface area contributed by atoms with Gasteiger partial charge < -0.3 is 14.8 Å². The minimum absolute atomic E-state index is 0.0248. The predicted molar refractivity (Wildman–Crippen MR) is 268 cm³/mol.